The SMILES string of the molecule is O=C(NCc1ccc2[nH]cc(Cl)c2c1)N1CC(COc2ccc(C(F)(F)F)cc2)C1. The summed E-state index contributed by atoms with van der Waals surface area (Å²) in [5.74, 6) is 0.526. The molecular formula is C21H19ClF3N3O2. The van der Waals surface area contributed by atoms with E-state index < -0.39 is 11.7 Å². The zero-order valence-corrected chi connectivity index (χ0v) is 16.6. The highest BCUT2D eigenvalue weighted by Gasteiger charge is 2.32. The Hall–Kier alpha value is -2.87. The average molecular weight is 438 g/mol. The molecule has 0 bridgehead atoms. The minimum atomic E-state index is -4.36. The largest absolute Gasteiger partial charge is 0.493 e. The molecule has 0 atom stereocenters. The molecule has 3 aromatic rings. The number of rotatable bonds is 5. The van der Waals surface area contributed by atoms with Crippen molar-refractivity contribution in [3.8, 4) is 5.75 Å². The minimum absolute atomic E-state index is 0.146. The molecule has 1 aliphatic heterocycles. The van der Waals surface area contributed by atoms with E-state index in [0.29, 0.717) is 37.0 Å². The number of carbonyl (C=O) groups is 1. The van der Waals surface area contributed by atoms with E-state index in [1.807, 2.05) is 18.2 Å². The Kier molecular flexibility index (Phi) is 5.51. The molecule has 158 valence electrons. The Morgan fingerprint density at radius 2 is 1.93 bits per heavy atom. The van der Waals surface area contributed by atoms with Gasteiger partial charge in [-0.2, -0.15) is 13.2 Å². The lowest BCUT2D eigenvalue weighted by Crippen LogP contribution is -2.55. The maximum Gasteiger partial charge on any atom is 0.416 e. The van der Waals surface area contributed by atoms with Crippen LogP contribution in [0.2, 0.25) is 5.02 Å². The predicted molar refractivity (Wildman–Crippen MR) is 108 cm³/mol. The van der Waals surface area contributed by atoms with Gasteiger partial charge >= 0.3 is 12.2 Å². The number of nitrogens with zero attached hydrogens (tertiary/aromatic N) is 1. The van der Waals surface area contributed by atoms with Gasteiger partial charge in [-0.3, -0.25) is 0 Å². The summed E-state index contributed by atoms with van der Waals surface area (Å²) in [6, 6.07) is 10.2. The monoisotopic (exact) mass is 437 g/mol. The van der Waals surface area contributed by atoms with E-state index in [-0.39, 0.29) is 11.9 Å². The Morgan fingerprint density at radius 1 is 1.20 bits per heavy atom. The lowest BCUT2D eigenvalue weighted by atomic mass is 10.0. The Balaban J connectivity index is 1.20. The predicted octanol–water partition coefficient (Wildman–Crippen LogP) is 5.06. The summed E-state index contributed by atoms with van der Waals surface area (Å²) in [4.78, 5) is 17.0. The van der Waals surface area contributed by atoms with Gasteiger partial charge in [0, 0.05) is 42.7 Å². The third-order valence-electron chi connectivity index (χ3n) is 5.05. The molecule has 2 heterocycles. The molecule has 2 N–H and O–H groups in total. The molecule has 0 aliphatic carbocycles. The molecule has 2 amide bonds. The second-order valence-electron chi connectivity index (χ2n) is 7.28. The van der Waals surface area contributed by atoms with Crippen LogP contribution in [0.25, 0.3) is 10.9 Å². The maximum absolute atomic E-state index is 12.6. The molecular weight excluding hydrogens is 419 g/mol. The van der Waals surface area contributed by atoms with Crippen LogP contribution in [-0.2, 0) is 12.7 Å². The molecule has 9 heteroatoms. The number of benzene rings is 2. The number of urea groups is 1. The number of carbonyl (C=O) groups excluding carboxylic acids is 1. The summed E-state index contributed by atoms with van der Waals surface area (Å²) in [6.45, 7) is 1.81. The van der Waals surface area contributed by atoms with Gasteiger partial charge in [0.15, 0.2) is 0 Å². The highest BCUT2D eigenvalue weighted by Crippen LogP contribution is 2.30. The number of hydrogen-bond donors (Lipinski definition) is 2. The first kappa shape index (κ1) is 20.4. The van der Waals surface area contributed by atoms with Crippen molar-refractivity contribution in [2.75, 3.05) is 19.7 Å². The quantitative estimate of drug-likeness (QED) is 0.586. The molecule has 4 rings (SSSR count). The van der Waals surface area contributed by atoms with Gasteiger partial charge in [-0.25, -0.2) is 4.79 Å². The van der Waals surface area contributed by atoms with Crippen molar-refractivity contribution in [2.24, 2.45) is 5.92 Å². The third kappa shape index (κ3) is 4.48. The Labute approximate surface area is 175 Å². The average Bonchev–Trinajstić information content (AvgIpc) is 3.05. The summed E-state index contributed by atoms with van der Waals surface area (Å²) in [5, 5.41) is 4.42. The summed E-state index contributed by atoms with van der Waals surface area (Å²) < 4.78 is 43.2. The van der Waals surface area contributed by atoms with Crippen LogP contribution in [0, 0.1) is 5.92 Å². The number of fused-ring (bicyclic) bond motifs is 1. The van der Waals surface area contributed by atoms with Gasteiger partial charge in [-0.1, -0.05) is 17.7 Å². The van der Waals surface area contributed by atoms with Crippen molar-refractivity contribution in [1.29, 1.82) is 0 Å². The van der Waals surface area contributed by atoms with E-state index in [0.717, 1.165) is 28.6 Å². The fraction of sp³-hybridized carbons (Fsp3) is 0.286. The number of aromatic amines is 1. The number of amides is 2. The minimum Gasteiger partial charge on any atom is -0.493 e. The number of aromatic nitrogens is 1. The van der Waals surface area contributed by atoms with E-state index in [1.54, 1.807) is 11.1 Å². The van der Waals surface area contributed by atoms with Gasteiger partial charge in [0.25, 0.3) is 0 Å². The molecule has 5 nitrogen and oxygen atoms in total. The van der Waals surface area contributed by atoms with Crippen molar-refractivity contribution >= 4 is 28.5 Å². The summed E-state index contributed by atoms with van der Waals surface area (Å²) in [5.41, 5.74) is 1.17. The fourth-order valence-electron chi connectivity index (χ4n) is 3.33. The van der Waals surface area contributed by atoms with Crippen molar-refractivity contribution < 1.29 is 22.7 Å². The van der Waals surface area contributed by atoms with Gasteiger partial charge in [-0.15, -0.1) is 0 Å². The van der Waals surface area contributed by atoms with E-state index in [1.165, 1.54) is 12.1 Å². The highest BCUT2D eigenvalue weighted by atomic mass is 35.5. The van der Waals surface area contributed by atoms with Gasteiger partial charge in [-0.05, 0) is 42.0 Å². The fourth-order valence-corrected chi connectivity index (χ4v) is 3.54. The zero-order chi connectivity index (χ0) is 21.3. The number of H-pyrrole nitrogens is 1. The van der Waals surface area contributed by atoms with Crippen LogP contribution in [0.1, 0.15) is 11.1 Å². The summed E-state index contributed by atoms with van der Waals surface area (Å²) >= 11 is 6.12. The smallest absolute Gasteiger partial charge is 0.416 e. The van der Waals surface area contributed by atoms with Crippen molar-refractivity contribution in [3.63, 3.8) is 0 Å². The normalized spacial score (nSPS) is 14.6. The maximum atomic E-state index is 12.6. The molecule has 0 unspecified atom stereocenters. The first-order valence-corrected chi connectivity index (χ1v) is 9.76. The molecule has 0 spiro atoms. The zero-order valence-electron chi connectivity index (χ0n) is 15.8. The van der Waals surface area contributed by atoms with Crippen LogP contribution in [0.15, 0.2) is 48.7 Å². The molecule has 1 fully saturated rings. The topological polar surface area (TPSA) is 57.4 Å². The van der Waals surface area contributed by atoms with E-state index >= 15 is 0 Å². The van der Waals surface area contributed by atoms with Gasteiger partial charge in [0.2, 0.25) is 0 Å². The Morgan fingerprint density at radius 3 is 2.63 bits per heavy atom. The number of ether oxygens (including phenoxy) is 1. The molecule has 1 aliphatic rings. The van der Waals surface area contributed by atoms with Crippen LogP contribution >= 0.6 is 11.6 Å². The molecule has 1 aromatic heterocycles. The van der Waals surface area contributed by atoms with Crippen molar-refractivity contribution in [1.82, 2.24) is 15.2 Å². The van der Waals surface area contributed by atoms with Crippen molar-refractivity contribution in [3.05, 3.63) is 64.8 Å². The number of likely N-dealkylation sites (tertiary alicyclic amines) is 1. The number of nitrogens with one attached hydrogen (secondary N) is 2. The van der Waals surface area contributed by atoms with E-state index in [2.05, 4.69) is 10.3 Å². The van der Waals surface area contributed by atoms with Gasteiger partial charge in [0.1, 0.15) is 5.75 Å². The van der Waals surface area contributed by atoms with Crippen LogP contribution in [0.3, 0.4) is 0 Å². The first-order chi connectivity index (χ1) is 14.3. The molecule has 0 radical (unpaired) electrons. The Bertz CT molecular complexity index is 1040. The van der Waals surface area contributed by atoms with Crippen LogP contribution < -0.4 is 10.1 Å². The second kappa shape index (κ2) is 8.10. The molecule has 1 saturated heterocycles. The number of halogens is 4. The lowest BCUT2D eigenvalue weighted by molar-refractivity contribution is -0.137. The van der Waals surface area contributed by atoms with Crippen LogP contribution in [0.5, 0.6) is 5.75 Å². The van der Waals surface area contributed by atoms with Gasteiger partial charge in [0.05, 0.1) is 17.2 Å². The second-order valence-corrected chi connectivity index (χ2v) is 7.69. The first-order valence-electron chi connectivity index (χ1n) is 9.38. The number of alkyl halides is 3. The van der Waals surface area contributed by atoms with Gasteiger partial charge < -0.3 is 19.9 Å². The molecule has 2 aromatic carbocycles. The highest BCUT2D eigenvalue weighted by molar-refractivity contribution is 6.35. The molecule has 0 saturated carbocycles. The third-order valence-corrected chi connectivity index (χ3v) is 5.36. The number of hydrogen-bond acceptors (Lipinski definition) is 2. The summed E-state index contributed by atoms with van der Waals surface area (Å²) in [6.07, 6.45) is -2.64. The molecule has 30 heavy (non-hydrogen) atoms. The van der Waals surface area contributed by atoms with E-state index in [9.17, 15) is 18.0 Å². The van der Waals surface area contributed by atoms with Crippen molar-refractivity contribution in [2.45, 2.75) is 12.7 Å². The van der Waals surface area contributed by atoms with Crippen LogP contribution in [0.4, 0.5) is 18.0 Å². The van der Waals surface area contributed by atoms with E-state index in [4.69, 9.17) is 16.3 Å². The standard InChI is InChI=1S/C21H19ClF3N3O2/c22-18-9-26-19-6-1-13(7-17(18)19)8-27-20(29)28-10-14(11-28)12-30-16-4-2-15(3-5-16)21(23,24)25/h1-7,9,14,26H,8,10-12H2,(H,27,29). The lowest BCUT2D eigenvalue weighted by Gasteiger charge is -2.38. The van der Waals surface area contributed by atoms with Crippen LogP contribution in [-0.4, -0.2) is 35.6 Å². The summed E-state index contributed by atoms with van der Waals surface area (Å²) in [7, 11) is 0.